The van der Waals surface area contributed by atoms with Gasteiger partial charge in [0, 0.05) is 0 Å². The number of carbonyl (C=O) groups excluding carboxylic acids is 1. The number of rotatable bonds is 40. The summed E-state index contributed by atoms with van der Waals surface area (Å²) in [6, 6.07) is 0. The number of hydrogen-bond donors (Lipinski definition) is 0. The van der Waals surface area contributed by atoms with E-state index in [-0.39, 0.29) is 0 Å². The molecule has 0 saturated heterocycles. The second-order valence-corrected chi connectivity index (χ2v) is 37.5. The van der Waals surface area contributed by atoms with Gasteiger partial charge in [-0.05, 0) is 0 Å². The standard InChI is InChI=1S/4C8H17.C6H12O3.C5H11O.O.2Sn/c4*1-3-5-7-8-6-4-2;1-2-3-4-5-9-6(7)8;1-2-3-4-5-6;;;/h4*1,3-8H2,2H3;2-5H2,1H3,(H,7,8);2-5H2,1H3;;;/q;;;;;-1;;2*+1/p-1. The third kappa shape index (κ3) is 30.2. The van der Waals surface area contributed by atoms with Crippen LogP contribution in [0.5, 0.6) is 0 Å². The van der Waals surface area contributed by atoms with Gasteiger partial charge in [-0.25, -0.2) is 0 Å². The fraction of sp³-hybridized carbons (Fsp3) is 0.977. The van der Waals surface area contributed by atoms with Crippen LogP contribution in [0.15, 0.2) is 0 Å². The summed E-state index contributed by atoms with van der Waals surface area (Å²) in [4.78, 5) is 13.6. The number of hydrogen-bond acceptors (Lipinski definition) is 5. The van der Waals surface area contributed by atoms with E-state index < -0.39 is 44.6 Å². The van der Waals surface area contributed by atoms with Gasteiger partial charge in [0.2, 0.25) is 0 Å². The summed E-state index contributed by atoms with van der Waals surface area (Å²) in [7, 11) is 0. The van der Waals surface area contributed by atoms with Crippen LogP contribution in [0, 0.1) is 0 Å². The number of unbranched alkanes of at least 4 members (excludes halogenated alkanes) is 24. The van der Waals surface area contributed by atoms with Gasteiger partial charge in [-0.2, -0.15) is 0 Å². The minimum absolute atomic E-state index is 0.431. The Morgan fingerprint density at radius 1 is 0.360 bits per heavy atom. The fourth-order valence-electron chi connectivity index (χ4n) is 7.09. The van der Waals surface area contributed by atoms with Gasteiger partial charge < -0.3 is 0 Å². The molecule has 50 heavy (non-hydrogen) atoms. The first kappa shape index (κ1) is 50.8. The third-order valence-electron chi connectivity index (χ3n) is 10.4. The third-order valence-corrected chi connectivity index (χ3v) is 43.1. The van der Waals surface area contributed by atoms with Gasteiger partial charge in [-0.3, -0.25) is 0 Å². The second kappa shape index (κ2) is 38.1. The Hall–Kier alpha value is 0.787. The Bertz CT molecular complexity index is 675. The zero-order valence-electron chi connectivity index (χ0n) is 35.0. The summed E-state index contributed by atoms with van der Waals surface area (Å²) in [5, 5.41) is 0. The molecule has 0 bridgehead atoms. The van der Waals surface area contributed by atoms with Crippen LogP contribution in [-0.2, 0) is 12.3 Å². The Balaban J connectivity index is 6.46. The van der Waals surface area contributed by atoms with E-state index in [0.29, 0.717) is 6.61 Å². The molecule has 0 spiro atoms. The van der Waals surface area contributed by atoms with Crippen LogP contribution in [0.25, 0.3) is 0 Å². The molecule has 0 aliphatic rings. The van der Waals surface area contributed by atoms with Crippen LogP contribution in [0.4, 0.5) is 4.79 Å². The van der Waals surface area contributed by atoms with Gasteiger partial charge in [0.1, 0.15) is 0 Å². The van der Waals surface area contributed by atoms with E-state index in [4.69, 9.17) is 12.3 Å². The molecule has 0 rings (SSSR count). The van der Waals surface area contributed by atoms with Crippen molar-refractivity contribution in [3.8, 4) is 0 Å². The SMILES string of the molecule is CCCCCCC[CH2][Sn]([CH2]CCCCCCC)([O]CCCCC)[O][Sn]([CH2]CCCCCCC)([CH2]CCCCCCC)[O]C(=O)OCCCCC. The van der Waals surface area contributed by atoms with Crippen molar-refractivity contribution < 1.29 is 17.1 Å². The molecular weight excluding hydrogens is 834 g/mol. The maximum absolute atomic E-state index is 13.6. The normalized spacial score (nSPS) is 12.1. The molecular formula is C43H90O5Sn2. The van der Waals surface area contributed by atoms with Crippen LogP contribution in [-0.4, -0.2) is 57.8 Å². The van der Waals surface area contributed by atoms with Crippen LogP contribution in [0.3, 0.4) is 0 Å². The molecule has 0 amide bonds. The summed E-state index contributed by atoms with van der Waals surface area (Å²) in [6.45, 7) is 14.9. The van der Waals surface area contributed by atoms with Crippen LogP contribution in [0.2, 0.25) is 17.7 Å². The van der Waals surface area contributed by atoms with Gasteiger partial charge in [0.25, 0.3) is 0 Å². The summed E-state index contributed by atoms with van der Waals surface area (Å²) in [5.74, 6) is 0. The van der Waals surface area contributed by atoms with Gasteiger partial charge in [-0.15, -0.1) is 0 Å². The monoisotopic (exact) mass is 926 g/mol. The van der Waals surface area contributed by atoms with Crippen molar-refractivity contribution in [3.05, 3.63) is 0 Å². The Labute approximate surface area is 324 Å². The predicted molar refractivity (Wildman–Crippen MR) is 223 cm³/mol. The molecule has 7 heteroatoms. The molecule has 0 aliphatic carbocycles. The number of carbonyl (C=O) groups is 1. The van der Waals surface area contributed by atoms with Crippen molar-refractivity contribution in [2.45, 2.75) is 252 Å². The topological polar surface area (TPSA) is 54.0 Å². The van der Waals surface area contributed by atoms with Crippen molar-refractivity contribution in [2.24, 2.45) is 0 Å². The van der Waals surface area contributed by atoms with Crippen LogP contribution < -0.4 is 0 Å². The molecule has 0 aromatic carbocycles. The van der Waals surface area contributed by atoms with E-state index in [1.807, 2.05) is 0 Å². The van der Waals surface area contributed by atoms with E-state index in [2.05, 4.69) is 41.5 Å². The van der Waals surface area contributed by atoms with Crippen molar-refractivity contribution in [1.29, 1.82) is 0 Å². The summed E-state index contributed by atoms with van der Waals surface area (Å²) >= 11 is -7.61. The molecule has 0 aromatic rings. The first-order chi connectivity index (χ1) is 24.5. The van der Waals surface area contributed by atoms with E-state index in [1.165, 1.54) is 154 Å². The summed E-state index contributed by atoms with van der Waals surface area (Å²) in [6.07, 6.45) is 36.6. The van der Waals surface area contributed by atoms with E-state index in [1.54, 1.807) is 0 Å². The van der Waals surface area contributed by atoms with Crippen LogP contribution in [0.1, 0.15) is 234 Å². The predicted octanol–water partition coefficient (Wildman–Crippen LogP) is 15.9. The molecule has 300 valence electrons. The molecule has 0 fully saturated rings. The first-order valence-corrected chi connectivity index (χ1v) is 35.4. The van der Waals surface area contributed by atoms with Gasteiger partial charge >= 0.3 is 327 Å². The fourth-order valence-corrected chi connectivity index (χ4v) is 47.5. The minimum atomic E-state index is -3.96. The number of ether oxygens (including phenoxy) is 1. The molecule has 0 N–H and O–H groups in total. The van der Waals surface area contributed by atoms with Crippen molar-refractivity contribution >= 4 is 44.6 Å². The average Bonchev–Trinajstić information content (AvgIpc) is 3.11. The van der Waals surface area contributed by atoms with Crippen molar-refractivity contribution in [2.75, 3.05) is 13.2 Å². The van der Waals surface area contributed by atoms with Gasteiger partial charge in [0.15, 0.2) is 0 Å². The molecule has 0 radical (unpaired) electrons. The Morgan fingerprint density at radius 2 is 0.660 bits per heavy atom. The molecule has 0 aliphatic heterocycles. The average molecular weight is 925 g/mol. The summed E-state index contributed by atoms with van der Waals surface area (Å²) in [5.41, 5.74) is 0. The van der Waals surface area contributed by atoms with E-state index >= 15 is 0 Å². The maximum atomic E-state index is 13.6. The first-order valence-electron chi connectivity index (χ1n) is 22.7. The van der Waals surface area contributed by atoms with Crippen LogP contribution >= 0.6 is 0 Å². The zero-order chi connectivity index (χ0) is 36.9. The molecule has 0 heterocycles. The molecule has 0 unspecified atom stereocenters. The zero-order valence-corrected chi connectivity index (χ0v) is 40.7. The van der Waals surface area contributed by atoms with Crippen molar-refractivity contribution in [3.63, 3.8) is 0 Å². The summed E-state index contributed by atoms with van der Waals surface area (Å²) < 4.78 is 31.9. The van der Waals surface area contributed by atoms with E-state index in [9.17, 15) is 4.79 Å². The second-order valence-electron chi connectivity index (χ2n) is 15.5. The molecule has 0 atom stereocenters. The Kier molecular flexibility index (Phi) is 38.7. The quantitative estimate of drug-likeness (QED) is 0.0348. The molecule has 5 nitrogen and oxygen atoms in total. The van der Waals surface area contributed by atoms with E-state index in [0.717, 1.165) is 62.9 Å². The van der Waals surface area contributed by atoms with Gasteiger partial charge in [0.05, 0.1) is 0 Å². The van der Waals surface area contributed by atoms with Gasteiger partial charge in [-0.1, -0.05) is 0 Å². The Morgan fingerprint density at radius 3 is 1.04 bits per heavy atom. The molecule has 0 aromatic heterocycles. The molecule has 0 saturated carbocycles. The van der Waals surface area contributed by atoms with Crippen molar-refractivity contribution in [1.82, 2.24) is 0 Å².